The topological polar surface area (TPSA) is 78.2 Å². The van der Waals surface area contributed by atoms with E-state index in [1.165, 1.54) is 12.8 Å². The van der Waals surface area contributed by atoms with E-state index in [9.17, 15) is 4.79 Å². The van der Waals surface area contributed by atoms with Gasteiger partial charge in [0.1, 0.15) is 0 Å². The summed E-state index contributed by atoms with van der Waals surface area (Å²) < 4.78 is 5.12. The highest BCUT2D eigenvalue weighted by Gasteiger charge is 2.26. The number of fused-ring (bicyclic) bond motifs is 1. The second kappa shape index (κ2) is 7.18. The number of carbonyl (C=O) groups is 1. The highest BCUT2D eigenvalue weighted by atomic mass is 16.5. The highest BCUT2D eigenvalue weighted by Crippen LogP contribution is 2.30. The zero-order valence-electron chi connectivity index (χ0n) is 13.7. The number of anilines is 1. The Morgan fingerprint density at radius 1 is 1.42 bits per heavy atom. The lowest BCUT2D eigenvalue weighted by Gasteiger charge is -2.22. The Kier molecular flexibility index (Phi) is 4.80. The van der Waals surface area contributed by atoms with Crippen LogP contribution in [-0.2, 0) is 0 Å². The van der Waals surface area contributed by atoms with E-state index in [0.29, 0.717) is 24.8 Å². The summed E-state index contributed by atoms with van der Waals surface area (Å²) in [5, 5.41) is 12.6. The maximum Gasteiger partial charge on any atom is 0.321 e. The van der Waals surface area contributed by atoms with Crippen LogP contribution in [-0.4, -0.2) is 36.1 Å². The van der Waals surface area contributed by atoms with E-state index in [-0.39, 0.29) is 6.03 Å². The minimum atomic E-state index is -0.155. The molecule has 2 aromatic rings. The summed E-state index contributed by atoms with van der Waals surface area (Å²) >= 11 is 0. The fourth-order valence-corrected chi connectivity index (χ4v) is 2.57. The molecule has 6 nitrogen and oxygen atoms in total. The lowest BCUT2D eigenvalue weighted by atomic mass is 10.2. The Labute approximate surface area is 141 Å². The number of aromatic nitrogens is 1. The van der Waals surface area contributed by atoms with Crippen LogP contribution in [0.5, 0.6) is 5.88 Å². The van der Waals surface area contributed by atoms with Crippen molar-refractivity contribution < 1.29 is 9.53 Å². The third-order valence-corrected chi connectivity index (χ3v) is 4.08. The van der Waals surface area contributed by atoms with E-state index in [4.69, 9.17) is 10.00 Å². The predicted molar refractivity (Wildman–Crippen MR) is 91.8 cm³/mol. The van der Waals surface area contributed by atoms with Crippen molar-refractivity contribution in [3.05, 3.63) is 30.3 Å². The molecule has 0 atom stereocenters. The first-order chi connectivity index (χ1) is 11.7. The third kappa shape index (κ3) is 3.93. The maximum atomic E-state index is 12.5. The van der Waals surface area contributed by atoms with Gasteiger partial charge in [0.05, 0.1) is 25.1 Å². The lowest BCUT2D eigenvalue weighted by Crippen LogP contribution is -2.37. The number of nitrogens with one attached hydrogen (secondary N) is 1. The van der Waals surface area contributed by atoms with Crippen molar-refractivity contribution in [2.24, 2.45) is 5.92 Å². The van der Waals surface area contributed by atoms with E-state index in [2.05, 4.69) is 16.4 Å². The van der Waals surface area contributed by atoms with Crippen LogP contribution in [0.1, 0.15) is 19.3 Å². The van der Waals surface area contributed by atoms with Gasteiger partial charge in [0.15, 0.2) is 0 Å². The van der Waals surface area contributed by atoms with Crippen molar-refractivity contribution >= 4 is 22.6 Å². The van der Waals surface area contributed by atoms with Gasteiger partial charge in [-0.3, -0.25) is 0 Å². The lowest BCUT2D eigenvalue weighted by molar-refractivity contribution is 0.210. The van der Waals surface area contributed by atoms with E-state index in [1.54, 1.807) is 18.1 Å². The van der Waals surface area contributed by atoms with Gasteiger partial charge in [-0.25, -0.2) is 9.78 Å². The van der Waals surface area contributed by atoms with Gasteiger partial charge in [-0.15, -0.1) is 0 Å². The minimum absolute atomic E-state index is 0.155. The molecule has 0 spiro atoms. The molecule has 1 aliphatic rings. The van der Waals surface area contributed by atoms with Gasteiger partial charge in [0, 0.05) is 30.2 Å². The first-order valence-corrected chi connectivity index (χ1v) is 8.07. The van der Waals surface area contributed by atoms with Gasteiger partial charge in [-0.05, 0) is 43.0 Å². The molecule has 0 saturated heterocycles. The van der Waals surface area contributed by atoms with Crippen molar-refractivity contribution in [3.8, 4) is 11.9 Å². The Morgan fingerprint density at radius 2 is 2.25 bits per heavy atom. The molecule has 2 amide bonds. The summed E-state index contributed by atoms with van der Waals surface area (Å²) in [6, 6.07) is 11.2. The summed E-state index contributed by atoms with van der Waals surface area (Å²) in [5.41, 5.74) is 1.53. The molecule has 1 fully saturated rings. The number of hydrogen-bond acceptors (Lipinski definition) is 4. The average Bonchev–Trinajstić information content (AvgIpc) is 3.42. The average molecular weight is 324 g/mol. The SMILES string of the molecule is COc1ccc2cc(NC(=O)N(CCC#N)CC3CC3)ccc2n1. The molecule has 1 aromatic heterocycles. The van der Waals surface area contributed by atoms with E-state index in [0.717, 1.165) is 23.1 Å². The number of benzene rings is 1. The molecule has 1 N–H and O–H groups in total. The first-order valence-electron chi connectivity index (χ1n) is 8.07. The second-order valence-corrected chi connectivity index (χ2v) is 5.99. The van der Waals surface area contributed by atoms with Crippen molar-refractivity contribution in [2.45, 2.75) is 19.3 Å². The smallest absolute Gasteiger partial charge is 0.321 e. The Morgan fingerprint density at radius 3 is 2.96 bits per heavy atom. The fourth-order valence-electron chi connectivity index (χ4n) is 2.57. The van der Waals surface area contributed by atoms with Gasteiger partial charge in [0.25, 0.3) is 0 Å². The summed E-state index contributed by atoms with van der Waals surface area (Å²) in [5.74, 6) is 1.15. The number of methoxy groups -OCH3 is 1. The van der Waals surface area contributed by atoms with E-state index >= 15 is 0 Å². The van der Waals surface area contributed by atoms with Crippen molar-refractivity contribution in [2.75, 3.05) is 25.5 Å². The van der Waals surface area contributed by atoms with Crippen LogP contribution >= 0.6 is 0 Å². The molecule has 0 unspecified atom stereocenters. The largest absolute Gasteiger partial charge is 0.481 e. The van der Waals surface area contributed by atoms with Crippen LogP contribution in [0, 0.1) is 17.2 Å². The number of rotatable bonds is 6. The van der Waals surface area contributed by atoms with Gasteiger partial charge in [-0.1, -0.05) is 0 Å². The summed E-state index contributed by atoms with van der Waals surface area (Å²) in [6.45, 7) is 1.19. The Hall–Kier alpha value is -2.81. The second-order valence-electron chi connectivity index (χ2n) is 5.99. The number of pyridine rings is 1. The van der Waals surface area contributed by atoms with Gasteiger partial charge in [-0.2, -0.15) is 5.26 Å². The molecule has 1 aliphatic carbocycles. The molecule has 1 aromatic carbocycles. The van der Waals surface area contributed by atoms with Crippen LogP contribution < -0.4 is 10.1 Å². The Bertz CT molecular complexity index is 780. The summed E-state index contributed by atoms with van der Waals surface area (Å²) in [7, 11) is 1.58. The number of urea groups is 1. The summed E-state index contributed by atoms with van der Waals surface area (Å²) in [6.07, 6.45) is 2.68. The standard InChI is InChI=1S/C18H20N4O2/c1-24-17-8-5-14-11-15(6-7-16(14)21-17)20-18(23)22(10-2-9-19)12-13-3-4-13/h5-8,11,13H,2-4,10,12H2,1H3,(H,20,23). The highest BCUT2D eigenvalue weighted by molar-refractivity contribution is 5.92. The van der Waals surface area contributed by atoms with Crippen molar-refractivity contribution in [1.82, 2.24) is 9.88 Å². The maximum absolute atomic E-state index is 12.5. The number of amides is 2. The van der Waals surface area contributed by atoms with Gasteiger partial charge >= 0.3 is 6.03 Å². The van der Waals surface area contributed by atoms with Crippen molar-refractivity contribution in [1.29, 1.82) is 5.26 Å². The van der Waals surface area contributed by atoms with Crippen molar-refractivity contribution in [3.63, 3.8) is 0 Å². The molecule has 1 heterocycles. The molecule has 0 bridgehead atoms. The molecule has 0 aliphatic heterocycles. The molecule has 124 valence electrons. The number of nitriles is 1. The molecule has 24 heavy (non-hydrogen) atoms. The van der Waals surface area contributed by atoms with Crippen LogP contribution in [0.3, 0.4) is 0 Å². The number of ether oxygens (including phenoxy) is 1. The quantitative estimate of drug-likeness (QED) is 0.883. The number of nitrogens with zero attached hydrogens (tertiary/aromatic N) is 3. The molecular weight excluding hydrogens is 304 g/mol. The van der Waals surface area contributed by atoms with Crippen LogP contribution in [0.15, 0.2) is 30.3 Å². The first kappa shape index (κ1) is 16.1. The van der Waals surface area contributed by atoms with Gasteiger partial charge in [0.2, 0.25) is 5.88 Å². The fraction of sp³-hybridized carbons (Fsp3) is 0.389. The molecule has 1 saturated carbocycles. The molecule has 3 rings (SSSR count). The zero-order chi connectivity index (χ0) is 16.9. The van der Waals surface area contributed by atoms with Crippen LogP contribution in [0.25, 0.3) is 10.9 Å². The molecular formula is C18H20N4O2. The molecule has 0 radical (unpaired) electrons. The van der Waals surface area contributed by atoms with E-state index in [1.807, 2.05) is 24.3 Å². The minimum Gasteiger partial charge on any atom is -0.481 e. The third-order valence-electron chi connectivity index (χ3n) is 4.08. The monoisotopic (exact) mass is 324 g/mol. The number of carbonyl (C=O) groups excluding carboxylic acids is 1. The zero-order valence-corrected chi connectivity index (χ0v) is 13.7. The Balaban J connectivity index is 1.72. The van der Waals surface area contributed by atoms with Crippen LogP contribution in [0.2, 0.25) is 0 Å². The van der Waals surface area contributed by atoms with Crippen LogP contribution in [0.4, 0.5) is 10.5 Å². The van der Waals surface area contributed by atoms with E-state index < -0.39 is 0 Å². The normalized spacial score (nSPS) is 13.3. The summed E-state index contributed by atoms with van der Waals surface area (Å²) in [4.78, 5) is 18.6. The predicted octanol–water partition coefficient (Wildman–Crippen LogP) is 3.40. The molecule has 6 heteroatoms. The van der Waals surface area contributed by atoms with Gasteiger partial charge < -0.3 is 15.0 Å². The number of hydrogen-bond donors (Lipinski definition) is 1.